The van der Waals surface area contributed by atoms with Gasteiger partial charge in [-0.2, -0.15) is 18.2 Å². The van der Waals surface area contributed by atoms with E-state index in [1.807, 2.05) is 30.3 Å². The number of ketones is 2. The van der Waals surface area contributed by atoms with Crippen molar-refractivity contribution in [2.45, 2.75) is 13.3 Å². The average Bonchev–Trinajstić information content (AvgIpc) is 2.94. The van der Waals surface area contributed by atoms with Crippen molar-refractivity contribution in [2.75, 3.05) is 0 Å². The minimum absolute atomic E-state index is 0. The smallest absolute Gasteiger partial charge is 0.110 e. The molecule has 0 aliphatic rings. The maximum atomic E-state index is 11.1. The Bertz CT molecular complexity index is 396. The maximum absolute atomic E-state index is 11.1. The molecule has 2 nitrogen and oxygen atoms in total. The van der Waals surface area contributed by atoms with E-state index in [0.29, 0.717) is 5.56 Å². The van der Waals surface area contributed by atoms with Crippen LogP contribution in [0.5, 0.6) is 0 Å². The Balaban J connectivity index is 0.000000360. The van der Waals surface area contributed by atoms with E-state index in [0.717, 1.165) is 0 Å². The summed E-state index contributed by atoms with van der Waals surface area (Å²) in [6, 6.07) is 17.0. The number of carbonyl (C=O) groups excluding carboxylic acids is 2. The van der Waals surface area contributed by atoms with Crippen LogP contribution >= 0.6 is 0 Å². The summed E-state index contributed by atoms with van der Waals surface area (Å²) in [5, 5.41) is 0. The van der Waals surface area contributed by atoms with Gasteiger partial charge in [-0.15, -0.1) is 0 Å². The Hall–Kier alpha value is -1.44. The molecule has 0 N–H and O–H groups in total. The summed E-state index contributed by atoms with van der Waals surface area (Å²) in [7, 11) is 0. The fourth-order valence-corrected chi connectivity index (χ4v) is 1.21. The van der Waals surface area contributed by atoms with Crippen LogP contribution < -0.4 is 0 Å². The molecule has 0 heterocycles. The van der Waals surface area contributed by atoms with Crippen LogP contribution in [0.3, 0.4) is 0 Å². The number of rotatable bonds is 3. The fraction of sp³-hybridized carbons (Fsp3) is 0.143. The largest absolute Gasteiger partial charge is 0.718 e. The molecule has 0 aromatic heterocycles. The van der Waals surface area contributed by atoms with Gasteiger partial charge in [0.2, 0.25) is 0 Å². The quantitative estimate of drug-likeness (QED) is 0.372. The van der Waals surface area contributed by atoms with Crippen molar-refractivity contribution in [3.05, 3.63) is 60.2 Å². The number of hydrogen-bond acceptors (Lipinski definition) is 2. The van der Waals surface area contributed by atoms with E-state index in [2.05, 4.69) is 0 Å². The molecule has 2 aromatic rings. The van der Waals surface area contributed by atoms with E-state index in [1.165, 1.54) is 6.92 Å². The minimum Gasteiger partial charge on any atom is -0.718 e. The fourth-order valence-electron chi connectivity index (χ4n) is 1.21. The molecule has 2 rings (SSSR count). The van der Waals surface area contributed by atoms with Crippen molar-refractivity contribution < 1.29 is 26.7 Å². The van der Waals surface area contributed by atoms with E-state index in [4.69, 9.17) is 0 Å². The van der Waals surface area contributed by atoms with Crippen LogP contribution in [0.2, 0.25) is 0 Å². The van der Waals surface area contributed by atoms with Crippen LogP contribution in [0.1, 0.15) is 23.7 Å². The van der Waals surface area contributed by atoms with Crippen LogP contribution in [0, 0.1) is 0 Å². The Morgan fingerprint density at radius 1 is 1.12 bits per heavy atom. The van der Waals surface area contributed by atoms with Gasteiger partial charge in [-0.25, -0.2) is 12.1 Å². The molecule has 0 spiro atoms. The molecule has 0 radical (unpaired) electrons. The van der Waals surface area contributed by atoms with Crippen molar-refractivity contribution in [2.24, 2.45) is 0 Å². The summed E-state index contributed by atoms with van der Waals surface area (Å²) in [6.45, 7) is 1.42. The van der Waals surface area contributed by atoms with E-state index >= 15 is 0 Å². The normalized spacial score (nSPS) is 8.53. The van der Waals surface area contributed by atoms with E-state index in [-0.39, 0.29) is 35.1 Å². The Labute approximate surface area is 112 Å². The third-order valence-electron chi connectivity index (χ3n) is 1.95. The molecule has 0 atom stereocenters. The number of Topliss-reactive ketones (excluding diaryl/α,β-unsaturated/α-hetero) is 2. The van der Waals surface area contributed by atoms with Crippen LogP contribution in [-0.2, 0) is 21.9 Å². The molecule has 0 aliphatic carbocycles. The molecule has 3 heteroatoms. The first-order valence-electron chi connectivity index (χ1n) is 5.11. The summed E-state index contributed by atoms with van der Waals surface area (Å²) in [5.41, 5.74) is 0.625. The van der Waals surface area contributed by atoms with Crippen LogP contribution in [0.15, 0.2) is 54.6 Å². The van der Waals surface area contributed by atoms with Crippen molar-refractivity contribution in [3.63, 3.8) is 0 Å². The summed E-state index contributed by atoms with van der Waals surface area (Å²) in [5.74, 6) is -0.182. The second-order valence-corrected chi connectivity index (χ2v) is 3.44. The molecule has 0 saturated heterocycles. The molecular formula is C14H14FeO2-6. The maximum Gasteiger partial charge on any atom is 0.110 e. The summed E-state index contributed by atoms with van der Waals surface area (Å²) >= 11 is 0. The van der Waals surface area contributed by atoms with Gasteiger partial charge in [0.05, 0.1) is 0 Å². The van der Waals surface area contributed by atoms with Crippen molar-refractivity contribution >= 4 is 11.6 Å². The summed E-state index contributed by atoms with van der Waals surface area (Å²) in [4.78, 5) is 21.6. The molecule has 2 aromatic carbocycles. The minimum atomic E-state index is -0.0949. The second kappa shape index (κ2) is 8.68. The first-order valence-corrected chi connectivity index (χ1v) is 5.11. The molecule has 0 unspecified atom stereocenters. The Kier molecular flexibility index (Phi) is 7.95. The molecule has 0 aliphatic heterocycles. The van der Waals surface area contributed by atoms with Crippen molar-refractivity contribution in [3.8, 4) is 0 Å². The molecule has 0 fully saturated rings. The van der Waals surface area contributed by atoms with Gasteiger partial charge in [0.1, 0.15) is 5.78 Å². The predicted octanol–water partition coefficient (Wildman–Crippen LogP) is 2.97. The molecule has 0 bridgehead atoms. The molecular weight excluding hydrogens is 256 g/mol. The van der Waals surface area contributed by atoms with Gasteiger partial charge >= 0.3 is 0 Å². The molecule has 96 valence electrons. The van der Waals surface area contributed by atoms with Gasteiger partial charge in [0.15, 0.2) is 0 Å². The van der Waals surface area contributed by atoms with Crippen LogP contribution in [0.25, 0.3) is 0 Å². The van der Waals surface area contributed by atoms with E-state index in [9.17, 15) is 9.59 Å². The number of hydrogen-bond donors (Lipinski definition) is 0. The summed E-state index contributed by atoms with van der Waals surface area (Å²) in [6.07, 6.45) is 0.0179. The zero-order chi connectivity index (χ0) is 11.8. The SMILES string of the molecule is CC(=O)CC(=O)[c-]1[cH-][cH-][cH-][cH-]1.[Fe].c1cc[cH-]c1. The Morgan fingerprint density at radius 3 is 2.00 bits per heavy atom. The van der Waals surface area contributed by atoms with Gasteiger partial charge in [0.25, 0.3) is 0 Å². The van der Waals surface area contributed by atoms with Crippen LogP contribution in [-0.4, -0.2) is 11.6 Å². The summed E-state index contributed by atoms with van der Waals surface area (Å²) < 4.78 is 0. The van der Waals surface area contributed by atoms with Gasteiger partial charge in [-0.05, 0) is 6.92 Å². The standard InChI is InChI=1S/C9H9O2.C5H5.Fe/c1-7(10)6-9(11)8-4-2-3-5-8;1-2-4-5-3-1;/h2-5H,6H2,1H3;1-5H;/q-5;-1;. The molecule has 17 heavy (non-hydrogen) atoms. The zero-order valence-electron chi connectivity index (χ0n) is 9.57. The zero-order valence-corrected chi connectivity index (χ0v) is 10.7. The van der Waals surface area contributed by atoms with Gasteiger partial charge in [0, 0.05) is 17.1 Å². The van der Waals surface area contributed by atoms with E-state index < -0.39 is 0 Å². The van der Waals surface area contributed by atoms with Gasteiger partial charge in [-0.1, -0.05) is 6.42 Å². The topological polar surface area (TPSA) is 34.1 Å². The Morgan fingerprint density at radius 2 is 1.65 bits per heavy atom. The second-order valence-electron chi connectivity index (χ2n) is 3.44. The number of carbonyl (C=O) groups is 2. The first-order chi connectivity index (χ1) is 7.70. The average molecular weight is 270 g/mol. The van der Waals surface area contributed by atoms with Gasteiger partial charge in [-0.3, -0.25) is 5.78 Å². The predicted molar refractivity (Wildman–Crippen MR) is 63.7 cm³/mol. The molecule has 0 amide bonds. The third-order valence-corrected chi connectivity index (χ3v) is 1.95. The van der Waals surface area contributed by atoms with E-state index in [1.54, 1.807) is 24.3 Å². The molecule has 0 saturated carbocycles. The third kappa shape index (κ3) is 6.67. The van der Waals surface area contributed by atoms with Gasteiger partial charge < -0.3 is 39.4 Å². The van der Waals surface area contributed by atoms with Crippen molar-refractivity contribution in [1.82, 2.24) is 0 Å². The first kappa shape index (κ1) is 15.6. The van der Waals surface area contributed by atoms with Crippen molar-refractivity contribution in [1.29, 1.82) is 0 Å². The van der Waals surface area contributed by atoms with Crippen LogP contribution in [0.4, 0.5) is 0 Å². The monoisotopic (exact) mass is 270 g/mol.